The molecular weight excluding hydrogens is 362 g/mol. The van der Waals surface area contributed by atoms with Crippen LogP contribution in [0.2, 0.25) is 0 Å². The summed E-state index contributed by atoms with van der Waals surface area (Å²) >= 11 is 0. The van der Waals surface area contributed by atoms with Crippen LogP contribution >= 0.6 is 0 Å². The number of carboxylic acid groups (broad SMARTS) is 1. The molecule has 2 rings (SSSR count). The Labute approximate surface area is 153 Å². The van der Waals surface area contributed by atoms with Crippen LogP contribution in [0.15, 0.2) is 35.3 Å². The summed E-state index contributed by atoms with van der Waals surface area (Å²) in [5, 5.41) is 9.44. The van der Waals surface area contributed by atoms with E-state index in [-0.39, 0.29) is 40.5 Å². The van der Waals surface area contributed by atoms with E-state index in [2.05, 4.69) is 0 Å². The number of amides is 1. The highest BCUT2D eigenvalue weighted by molar-refractivity contribution is 5.96. The Balaban J connectivity index is 2.74. The molecule has 7 nitrogen and oxygen atoms in total. The molecule has 0 bridgehead atoms. The summed E-state index contributed by atoms with van der Waals surface area (Å²) in [5.41, 5.74) is -1.33. The molecule has 0 aliphatic rings. The van der Waals surface area contributed by atoms with Crippen LogP contribution in [0.5, 0.6) is 5.75 Å². The van der Waals surface area contributed by atoms with Crippen LogP contribution in [0.25, 0.3) is 11.1 Å². The zero-order valence-electron chi connectivity index (χ0n) is 14.9. The van der Waals surface area contributed by atoms with Crippen LogP contribution < -0.4 is 10.3 Å². The maximum absolute atomic E-state index is 13.1. The molecule has 0 atom stereocenters. The zero-order chi connectivity index (χ0) is 20.3. The Morgan fingerprint density at radius 3 is 2.41 bits per heavy atom. The number of benzene rings is 1. The number of methoxy groups -OCH3 is 1. The molecule has 1 heterocycles. The average molecular weight is 380 g/mol. The molecule has 27 heavy (non-hydrogen) atoms. The Bertz CT molecular complexity index is 938. The first-order valence-corrected chi connectivity index (χ1v) is 7.80. The van der Waals surface area contributed by atoms with Gasteiger partial charge in [0.25, 0.3) is 12.0 Å². The van der Waals surface area contributed by atoms with E-state index in [1.165, 1.54) is 44.4 Å². The molecular formula is C18H18F2N2O5. The van der Waals surface area contributed by atoms with Gasteiger partial charge < -0.3 is 19.3 Å². The predicted molar refractivity (Wildman–Crippen MR) is 93.3 cm³/mol. The standard InChI is InChI=1S/C18H18F2N2O5/c1-21(2)16(24)9-22-8-13(12(18(25)26)7-15(22)23)11-6-10(17(19)20)4-5-14(11)27-3/h4-8,17H,9H2,1-3H3,(H,25,26). The highest BCUT2D eigenvalue weighted by Crippen LogP contribution is 2.35. The summed E-state index contributed by atoms with van der Waals surface area (Å²) in [4.78, 5) is 37.0. The zero-order valence-corrected chi connectivity index (χ0v) is 14.9. The first-order chi connectivity index (χ1) is 12.6. The van der Waals surface area contributed by atoms with E-state index in [0.717, 1.165) is 16.7 Å². The second kappa shape index (κ2) is 7.98. The Kier molecular flexibility index (Phi) is 5.94. The van der Waals surface area contributed by atoms with Crippen molar-refractivity contribution in [2.75, 3.05) is 21.2 Å². The summed E-state index contributed by atoms with van der Waals surface area (Å²) in [5.74, 6) is -1.64. The van der Waals surface area contributed by atoms with E-state index in [9.17, 15) is 28.3 Å². The van der Waals surface area contributed by atoms with Gasteiger partial charge in [0, 0.05) is 43.0 Å². The number of alkyl halides is 2. The summed E-state index contributed by atoms with van der Waals surface area (Å²) in [7, 11) is 4.33. The van der Waals surface area contributed by atoms with Crippen molar-refractivity contribution in [3.63, 3.8) is 0 Å². The number of likely N-dealkylation sites (N-methyl/N-ethyl adjacent to an activating group) is 1. The maximum Gasteiger partial charge on any atom is 0.336 e. The lowest BCUT2D eigenvalue weighted by Gasteiger charge is -2.16. The quantitative estimate of drug-likeness (QED) is 0.830. The Morgan fingerprint density at radius 2 is 1.89 bits per heavy atom. The van der Waals surface area contributed by atoms with Gasteiger partial charge in [-0.2, -0.15) is 0 Å². The van der Waals surface area contributed by atoms with Gasteiger partial charge in [0.05, 0.1) is 12.7 Å². The molecule has 9 heteroatoms. The SMILES string of the molecule is COc1ccc(C(F)F)cc1-c1cn(CC(=O)N(C)C)c(=O)cc1C(=O)O. The smallest absolute Gasteiger partial charge is 0.336 e. The minimum Gasteiger partial charge on any atom is -0.496 e. The largest absolute Gasteiger partial charge is 0.496 e. The van der Waals surface area contributed by atoms with Crippen LogP contribution in [-0.2, 0) is 11.3 Å². The number of halogens is 2. The molecule has 144 valence electrons. The van der Waals surface area contributed by atoms with E-state index < -0.39 is 18.0 Å². The molecule has 1 aromatic heterocycles. The second-order valence-corrected chi connectivity index (χ2v) is 5.92. The summed E-state index contributed by atoms with van der Waals surface area (Å²) < 4.78 is 32.4. The van der Waals surface area contributed by atoms with Gasteiger partial charge in [0.15, 0.2) is 0 Å². The summed E-state index contributed by atoms with van der Waals surface area (Å²) in [6, 6.07) is 4.42. The maximum atomic E-state index is 13.1. The number of nitrogens with zero attached hydrogens (tertiary/aromatic N) is 2. The van der Waals surface area contributed by atoms with E-state index in [1.54, 1.807) is 0 Å². The summed E-state index contributed by atoms with van der Waals surface area (Å²) in [6.45, 7) is -0.324. The molecule has 0 aliphatic carbocycles. The number of carbonyl (C=O) groups excluding carboxylic acids is 1. The topological polar surface area (TPSA) is 88.8 Å². The number of aromatic carboxylic acids is 1. The number of carbonyl (C=O) groups is 2. The van der Waals surface area contributed by atoms with Crippen LogP contribution in [0.3, 0.4) is 0 Å². The normalized spacial score (nSPS) is 10.7. The Hall–Kier alpha value is -3.23. The molecule has 1 N–H and O–H groups in total. The van der Waals surface area contributed by atoms with Crippen molar-refractivity contribution >= 4 is 11.9 Å². The van der Waals surface area contributed by atoms with Crippen molar-refractivity contribution in [3.05, 3.63) is 51.9 Å². The van der Waals surface area contributed by atoms with E-state index in [4.69, 9.17) is 4.74 Å². The minimum absolute atomic E-state index is 0.00648. The molecule has 0 aliphatic heterocycles. The minimum atomic E-state index is -2.77. The molecule has 0 radical (unpaired) electrons. The van der Waals surface area contributed by atoms with Crippen molar-refractivity contribution in [2.45, 2.75) is 13.0 Å². The van der Waals surface area contributed by atoms with Crippen LogP contribution in [0, 0.1) is 0 Å². The number of rotatable bonds is 6. The summed E-state index contributed by atoms with van der Waals surface area (Å²) in [6.07, 6.45) is -1.61. The van der Waals surface area contributed by atoms with Gasteiger partial charge in [-0.05, 0) is 18.2 Å². The molecule has 0 spiro atoms. The lowest BCUT2D eigenvalue weighted by Crippen LogP contribution is -2.31. The van der Waals surface area contributed by atoms with Gasteiger partial charge in [-0.1, -0.05) is 0 Å². The molecule has 0 fully saturated rings. The third-order valence-corrected chi connectivity index (χ3v) is 3.93. The van der Waals surface area contributed by atoms with Crippen LogP contribution in [0.4, 0.5) is 8.78 Å². The predicted octanol–water partition coefficient (Wildman–Crippen LogP) is 2.25. The van der Waals surface area contributed by atoms with E-state index >= 15 is 0 Å². The van der Waals surface area contributed by atoms with Gasteiger partial charge >= 0.3 is 5.97 Å². The van der Waals surface area contributed by atoms with Gasteiger partial charge in [-0.15, -0.1) is 0 Å². The fraction of sp³-hybridized carbons (Fsp3) is 0.278. The number of carboxylic acids is 1. The fourth-order valence-electron chi connectivity index (χ4n) is 2.45. The number of hydrogen-bond acceptors (Lipinski definition) is 4. The highest BCUT2D eigenvalue weighted by Gasteiger charge is 2.20. The molecule has 2 aromatic rings. The molecule has 0 unspecified atom stereocenters. The van der Waals surface area contributed by atoms with Gasteiger partial charge in [0.2, 0.25) is 5.91 Å². The Morgan fingerprint density at radius 1 is 1.22 bits per heavy atom. The lowest BCUT2D eigenvalue weighted by atomic mass is 9.98. The number of aromatic nitrogens is 1. The first-order valence-electron chi connectivity index (χ1n) is 7.80. The second-order valence-electron chi connectivity index (χ2n) is 5.92. The van der Waals surface area contributed by atoms with E-state index in [0.29, 0.717) is 0 Å². The fourth-order valence-corrected chi connectivity index (χ4v) is 2.45. The van der Waals surface area contributed by atoms with Crippen LogP contribution in [0.1, 0.15) is 22.3 Å². The van der Waals surface area contributed by atoms with Crippen molar-refractivity contribution < 1.29 is 28.2 Å². The molecule has 1 amide bonds. The van der Waals surface area contributed by atoms with Crippen molar-refractivity contribution in [1.29, 1.82) is 0 Å². The monoisotopic (exact) mass is 380 g/mol. The molecule has 0 saturated heterocycles. The third-order valence-electron chi connectivity index (χ3n) is 3.93. The van der Waals surface area contributed by atoms with Gasteiger partial charge in [0.1, 0.15) is 12.3 Å². The number of pyridine rings is 1. The third kappa shape index (κ3) is 4.30. The van der Waals surface area contributed by atoms with Crippen LogP contribution in [-0.4, -0.2) is 47.7 Å². The number of ether oxygens (including phenoxy) is 1. The molecule has 0 saturated carbocycles. The van der Waals surface area contributed by atoms with Crippen molar-refractivity contribution in [1.82, 2.24) is 9.47 Å². The van der Waals surface area contributed by atoms with Gasteiger partial charge in [-0.3, -0.25) is 9.59 Å². The highest BCUT2D eigenvalue weighted by atomic mass is 19.3. The van der Waals surface area contributed by atoms with Crippen molar-refractivity contribution in [3.8, 4) is 16.9 Å². The van der Waals surface area contributed by atoms with Gasteiger partial charge in [-0.25, -0.2) is 13.6 Å². The average Bonchev–Trinajstić information content (AvgIpc) is 2.62. The molecule has 1 aromatic carbocycles. The van der Waals surface area contributed by atoms with E-state index in [1.807, 2.05) is 0 Å². The lowest BCUT2D eigenvalue weighted by molar-refractivity contribution is -0.129. The van der Waals surface area contributed by atoms with Crippen molar-refractivity contribution in [2.24, 2.45) is 0 Å². The number of hydrogen-bond donors (Lipinski definition) is 1. The first kappa shape index (κ1) is 20.1.